The van der Waals surface area contributed by atoms with Gasteiger partial charge in [-0.15, -0.1) is 0 Å². The molecule has 108 valence electrons. The number of aromatic nitrogens is 1. The first-order valence-corrected chi connectivity index (χ1v) is 6.96. The van der Waals surface area contributed by atoms with Crippen molar-refractivity contribution < 1.29 is 9.53 Å². The Labute approximate surface area is 128 Å². The molecule has 2 aromatic carbocycles. The minimum atomic E-state index is -0.604. The Balaban J connectivity index is 1.80. The number of ether oxygens (including phenoxy) is 1. The number of carbonyl (C=O) groups is 1. The van der Waals surface area contributed by atoms with Crippen LogP contribution in [0.1, 0.15) is 22.8 Å². The third kappa shape index (κ3) is 2.57. The first-order chi connectivity index (χ1) is 10.7. The fourth-order valence-electron chi connectivity index (χ4n) is 2.36. The zero-order chi connectivity index (χ0) is 15.5. The number of nitrogens with zero attached hydrogens (tertiary/aromatic N) is 1. The quantitative estimate of drug-likeness (QED) is 0.745. The normalized spacial score (nSPS) is 11.8. The van der Waals surface area contributed by atoms with Crippen LogP contribution in [0.2, 0.25) is 0 Å². The van der Waals surface area contributed by atoms with Gasteiger partial charge in [0.2, 0.25) is 5.78 Å². The van der Waals surface area contributed by atoms with Crippen LogP contribution >= 0.6 is 0 Å². The molecule has 3 rings (SSSR count). The van der Waals surface area contributed by atoms with Crippen molar-refractivity contribution in [2.24, 2.45) is 0 Å². The SMILES string of the molecule is C[C@@H](Oc1ccc(C#N)cc1)C(=O)c1c[nH]c2ccccc12. The van der Waals surface area contributed by atoms with Gasteiger partial charge >= 0.3 is 0 Å². The number of nitriles is 1. The minimum absolute atomic E-state index is 0.0817. The Morgan fingerprint density at radius 3 is 2.64 bits per heavy atom. The van der Waals surface area contributed by atoms with Gasteiger partial charge in [0.05, 0.1) is 11.6 Å². The van der Waals surface area contributed by atoms with Crippen LogP contribution in [0.5, 0.6) is 5.75 Å². The highest BCUT2D eigenvalue weighted by atomic mass is 16.5. The Kier molecular flexibility index (Phi) is 3.63. The highest BCUT2D eigenvalue weighted by Crippen LogP contribution is 2.21. The fraction of sp³-hybridized carbons (Fsp3) is 0.111. The van der Waals surface area contributed by atoms with Gasteiger partial charge in [0, 0.05) is 22.7 Å². The topological polar surface area (TPSA) is 65.9 Å². The van der Waals surface area contributed by atoms with Crippen molar-refractivity contribution in [1.82, 2.24) is 4.98 Å². The Morgan fingerprint density at radius 2 is 1.91 bits per heavy atom. The minimum Gasteiger partial charge on any atom is -0.483 e. The van der Waals surface area contributed by atoms with E-state index in [0.29, 0.717) is 16.9 Å². The molecule has 1 N–H and O–H groups in total. The molecule has 1 heterocycles. The lowest BCUT2D eigenvalue weighted by Crippen LogP contribution is -2.23. The summed E-state index contributed by atoms with van der Waals surface area (Å²) < 4.78 is 5.68. The van der Waals surface area contributed by atoms with E-state index in [9.17, 15) is 4.79 Å². The summed E-state index contributed by atoms with van der Waals surface area (Å²) in [5.41, 5.74) is 2.11. The first-order valence-electron chi connectivity index (χ1n) is 6.96. The van der Waals surface area contributed by atoms with Gasteiger partial charge in [0.15, 0.2) is 6.10 Å². The van der Waals surface area contributed by atoms with Crippen molar-refractivity contribution in [2.75, 3.05) is 0 Å². The molecule has 4 heteroatoms. The van der Waals surface area contributed by atoms with Gasteiger partial charge in [0.25, 0.3) is 0 Å². The number of Topliss-reactive ketones (excluding diaryl/α,β-unsaturated/α-hetero) is 1. The Morgan fingerprint density at radius 1 is 1.18 bits per heavy atom. The number of rotatable bonds is 4. The standard InChI is InChI=1S/C18H14N2O2/c1-12(22-14-8-6-13(10-19)7-9-14)18(21)16-11-20-17-5-3-2-4-15(16)17/h2-9,11-12,20H,1H3/t12-/m1/s1. The van der Waals surface area contributed by atoms with Crippen molar-refractivity contribution in [1.29, 1.82) is 5.26 Å². The van der Waals surface area contributed by atoms with E-state index in [1.165, 1.54) is 0 Å². The van der Waals surface area contributed by atoms with Crippen LogP contribution in [0.4, 0.5) is 0 Å². The largest absolute Gasteiger partial charge is 0.483 e. The number of hydrogen-bond acceptors (Lipinski definition) is 3. The van der Waals surface area contributed by atoms with Gasteiger partial charge < -0.3 is 9.72 Å². The molecule has 22 heavy (non-hydrogen) atoms. The first kappa shape index (κ1) is 13.9. The summed E-state index contributed by atoms with van der Waals surface area (Å²) in [6, 6.07) is 16.4. The third-order valence-corrected chi connectivity index (χ3v) is 3.52. The van der Waals surface area contributed by atoms with Crippen molar-refractivity contribution in [3.8, 4) is 11.8 Å². The summed E-state index contributed by atoms with van der Waals surface area (Å²) in [7, 11) is 0. The third-order valence-electron chi connectivity index (χ3n) is 3.52. The van der Waals surface area contributed by atoms with E-state index in [0.717, 1.165) is 10.9 Å². The Bertz CT molecular complexity index is 857. The zero-order valence-corrected chi connectivity index (χ0v) is 12.0. The molecule has 0 fully saturated rings. The number of hydrogen-bond donors (Lipinski definition) is 1. The van der Waals surface area contributed by atoms with E-state index >= 15 is 0 Å². The van der Waals surface area contributed by atoms with E-state index < -0.39 is 6.10 Å². The summed E-state index contributed by atoms with van der Waals surface area (Å²) in [5.74, 6) is 0.488. The number of para-hydroxylation sites is 1. The molecule has 0 aliphatic carbocycles. The van der Waals surface area contributed by atoms with Gasteiger partial charge in [-0.3, -0.25) is 4.79 Å². The maximum Gasteiger partial charge on any atom is 0.205 e. The molecule has 0 saturated carbocycles. The van der Waals surface area contributed by atoms with Gasteiger partial charge in [-0.1, -0.05) is 18.2 Å². The molecule has 1 atom stereocenters. The van der Waals surface area contributed by atoms with Crippen LogP contribution in [0.3, 0.4) is 0 Å². The zero-order valence-electron chi connectivity index (χ0n) is 12.0. The van der Waals surface area contributed by atoms with E-state index in [2.05, 4.69) is 4.98 Å². The number of nitrogens with one attached hydrogen (secondary N) is 1. The summed E-state index contributed by atoms with van der Waals surface area (Å²) in [5, 5.41) is 9.67. The molecule has 0 aliphatic rings. The maximum atomic E-state index is 12.5. The molecule has 0 amide bonds. The summed E-state index contributed by atoms with van der Waals surface area (Å²) >= 11 is 0. The van der Waals surface area contributed by atoms with E-state index in [4.69, 9.17) is 10.00 Å². The summed E-state index contributed by atoms with van der Waals surface area (Å²) in [4.78, 5) is 15.6. The van der Waals surface area contributed by atoms with Gasteiger partial charge in [0.1, 0.15) is 5.75 Å². The van der Waals surface area contributed by atoms with Crippen molar-refractivity contribution >= 4 is 16.7 Å². The molecular formula is C18H14N2O2. The average molecular weight is 290 g/mol. The molecular weight excluding hydrogens is 276 g/mol. The number of benzene rings is 2. The van der Waals surface area contributed by atoms with Crippen molar-refractivity contribution in [2.45, 2.75) is 13.0 Å². The number of carbonyl (C=O) groups excluding carboxylic acids is 1. The average Bonchev–Trinajstić information content (AvgIpc) is 2.99. The second-order valence-electron chi connectivity index (χ2n) is 5.01. The number of fused-ring (bicyclic) bond motifs is 1. The monoisotopic (exact) mass is 290 g/mol. The lowest BCUT2D eigenvalue weighted by molar-refractivity contribution is 0.0820. The highest BCUT2D eigenvalue weighted by molar-refractivity contribution is 6.09. The van der Waals surface area contributed by atoms with E-state index in [1.807, 2.05) is 30.3 Å². The van der Waals surface area contributed by atoms with Crippen LogP contribution in [-0.4, -0.2) is 16.9 Å². The van der Waals surface area contributed by atoms with Crippen molar-refractivity contribution in [3.63, 3.8) is 0 Å². The fourth-order valence-corrected chi connectivity index (χ4v) is 2.36. The van der Waals surface area contributed by atoms with Crippen molar-refractivity contribution in [3.05, 3.63) is 65.9 Å². The van der Waals surface area contributed by atoms with Crippen LogP contribution in [0, 0.1) is 11.3 Å². The van der Waals surface area contributed by atoms with Gasteiger partial charge in [-0.05, 0) is 37.3 Å². The number of ketones is 1. The number of aromatic amines is 1. The lowest BCUT2D eigenvalue weighted by atomic mass is 10.1. The van der Waals surface area contributed by atoms with Crippen LogP contribution in [0.25, 0.3) is 10.9 Å². The summed E-state index contributed by atoms with van der Waals surface area (Å²) in [6.45, 7) is 1.72. The predicted molar refractivity (Wildman–Crippen MR) is 83.9 cm³/mol. The number of H-pyrrole nitrogens is 1. The van der Waals surface area contributed by atoms with E-state index in [-0.39, 0.29) is 5.78 Å². The second-order valence-corrected chi connectivity index (χ2v) is 5.01. The maximum absolute atomic E-state index is 12.5. The molecule has 0 saturated heterocycles. The molecule has 0 bridgehead atoms. The molecule has 0 spiro atoms. The van der Waals surface area contributed by atoms with Crippen LogP contribution in [-0.2, 0) is 0 Å². The highest BCUT2D eigenvalue weighted by Gasteiger charge is 2.20. The van der Waals surface area contributed by atoms with Gasteiger partial charge in [-0.2, -0.15) is 5.26 Å². The smallest absolute Gasteiger partial charge is 0.205 e. The predicted octanol–water partition coefficient (Wildman–Crippen LogP) is 3.69. The van der Waals surface area contributed by atoms with Crippen LogP contribution in [0.15, 0.2) is 54.7 Å². The molecule has 0 unspecified atom stereocenters. The summed E-state index contributed by atoms with van der Waals surface area (Å²) in [6.07, 6.45) is 1.11. The van der Waals surface area contributed by atoms with E-state index in [1.54, 1.807) is 37.4 Å². The van der Waals surface area contributed by atoms with Crippen LogP contribution < -0.4 is 4.74 Å². The lowest BCUT2D eigenvalue weighted by Gasteiger charge is -2.13. The molecule has 1 aromatic heterocycles. The Hall–Kier alpha value is -3.06. The molecule has 0 radical (unpaired) electrons. The van der Waals surface area contributed by atoms with Gasteiger partial charge in [-0.25, -0.2) is 0 Å². The molecule has 0 aliphatic heterocycles. The second kappa shape index (κ2) is 5.74. The molecule has 3 aromatic rings. The molecule has 4 nitrogen and oxygen atoms in total.